The number of aliphatic hydroxyl groups is 3. The summed E-state index contributed by atoms with van der Waals surface area (Å²) in [7, 11) is 0. The Labute approximate surface area is 274 Å². The van der Waals surface area contributed by atoms with Gasteiger partial charge in [0.2, 0.25) is 5.91 Å². The Kier molecular flexibility index (Phi) is 34.2. The summed E-state index contributed by atoms with van der Waals surface area (Å²) in [4.78, 5) is 12.4. The Morgan fingerprint density at radius 2 is 0.909 bits per heavy atom. The standard InChI is InChI=1S/C39H77NO4/c1-3-5-7-9-11-13-15-17-18-19-21-22-24-26-28-30-32-36(42)34-39(44)40-37(35-41)38(43)33-31-29-27-25-23-20-16-14-12-10-8-6-4-2/h21-22,36-38,41-43H,3-20,23-35H2,1-2H3,(H,40,44)/b22-21-. The van der Waals surface area contributed by atoms with Gasteiger partial charge in [-0.1, -0.05) is 174 Å². The third-order valence-corrected chi connectivity index (χ3v) is 9.08. The van der Waals surface area contributed by atoms with E-state index in [9.17, 15) is 20.1 Å². The highest BCUT2D eigenvalue weighted by Crippen LogP contribution is 2.15. The number of rotatable bonds is 35. The zero-order valence-corrected chi connectivity index (χ0v) is 29.6. The third kappa shape index (κ3) is 31.1. The third-order valence-electron chi connectivity index (χ3n) is 9.08. The molecule has 4 N–H and O–H groups in total. The SMILES string of the molecule is CCCCCCCCCCC/C=C\CCCCCC(O)CC(=O)NC(CO)C(O)CCCCCCCCCCCCCCC. The van der Waals surface area contributed by atoms with Gasteiger partial charge < -0.3 is 20.6 Å². The van der Waals surface area contributed by atoms with Crippen LogP contribution in [0.5, 0.6) is 0 Å². The Morgan fingerprint density at radius 1 is 0.545 bits per heavy atom. The number of carbonyl (C=O) groups excluding carboxylic acids is 1. The predicted molar refractivity (Wildman–Crippen MR) is 190 cm³/mol. The van der Waals surface area contributed by atoms with Gasteiger partial charge in [0, 0.05) is 0 Å². The highest BCUT2D eigenvalue weighted by molar-refractivity contribution is 5.76. The first kappa shape index (κ1) is 43.1. The molecule has 0 saturated heterocycles. The number of unbranched alkanes of at least 4 members (excludes halogenated alkanes) is 24. The molecule has 0 aliphatic heterocycles. The molecule has 0 spiro atoms. The molecule has 0 aliphatic rings. The van der Waals surface area contributed by atoms with E-state index < -0.39 is 18.2 Å². The number of hydrogen-bond donors (Lipinski definition) is 4. The average molecular weight is 624 g/mol. The number of nitrogens with one attached hydrogen (secondary N) is 1. The lowest BCUT2D eigenvalue weighted by atomic mass is 10.0. The minimum Gasteiger partial charge on any atom is -0.394 e. The zero-order chi connectivity index (χ0) is 32.4. The lowest BCUT2D eigenvalue weighted by Gasteiger charge is -2.23. The van der Waals surface area contributed by atoms with Crippen molar-refractivity contribution >= 4 is 5.91 Å². The summed E-state index contributed by atoms with van der Waals surface area (Å²) < 4.78 is 0. The second kappa shape index (κ2) is 35.0. The molecule has 0 aromatic carbocycles. The molecule has 0 aliphatic carbocycles. The summed E-state index contributed by atoms with van der Waals surface area (Å²) in [6.45, 7) is 4.25. The summed E-state index contributed by atoms with van der Waals surface area (Å²) >= 11 is 0. The smallest absolute Gasteiger partial charge is 0.222 e. The van der Waals surface area contributed by atoms with E-state index in [4.69, 9.17) is 0 Å². The van der Waals surface area contributed by atoms with Crippen molar-refractivity contribution in [3.05, 3.63) is 12.2 Å². The van der Waals surface area contributed by atoms with Crippen LogP contribution in [0.4, 0.5) is 0 Å². The van der Waals surface area contributed by atoms with Crippen molar-refractivity contribution in [1.82, 2.24) is 5.32 Å². The van der Waals surface area contributed by atoms with Crippen molar-refractivity contribution in [2.75, 3.05) is 6.61 Å². The van der Waals surface area contributed by atoms with Crippen LogP contribution in [-0.4, -0.2) is 46.1 Å². The molecule has 44 heavy (non-hydrogen) atoms. The molecule has 5 heteroatoms. The Morgan fingerprint density at radius 3 is 1.34 bits per heavy atom. The van der Waals surface area contributed by atoms with E-state index in [0.29, 0.717) is 12.8 Å². The van der Waals surface area contributed by atoms with E-state index in [1.54, 1.807) is 0 Å². The summed E-state index contributed by atoms with van der Waals surface area (Å²) in [5, 5.41) is 33.2. The molecule has 0 aromatic rings. The van der Waals surface area contributed by atoms with Gasteiger partial charge in [-0.05, 0) is 38.5 Å². The maximum atomic E-state index is 12.4. The predicted octanol–water partition coefficient (Wildman–Crippen LogP) is 10.5. The molecule has 0 radical (unpaired) electrons. The highest BCUT2D eigenvalue weighted by atomic mass is 16.3. The van der Waals surface area contributed by atoms with Crippen LogP contribution in [-0.2, 0) is 4.79 Å². The molecule has 0 rings (SSSR count). The zero-order valence-electron chi connectivity index (χ0n) is 29.6. The lowest BCUT2D eigenvalue weighted by molar-refractivity contribution is -0.125. The maximum absolute atomic E-state index is 12.4. The van der Waals surface area contributed by atoms with Gasteiger partial charge in [0.25, 0.3) is 0 Å². The molecule has 5 nitrogen and oxygen atoms in total. The largest absolute Gasteiger partial charge is 0.394 e. The molecule has 1 amide bonds. The van der Waals surface area contributed by atoms with Crippen molar-refractivity contribution in [2.45, 2.75) is 225 Å². The van der Waals surface area contributed by atoms with Crippen LogP contribution in [0.2, 0.25) is 0 Å². The van der Waals surface area contributed by atoms with E-state index in [2.05, 4.69) is 31.3 Å². The lowest BCUT2D eigenvalue weighted by Crippen LogP contribution is -2.46. The van der Waals surface area contributed by atoms with E-state index in [0.717, 1.165) is 38.5 Å². The molecule has 3 atom stereocenters. The van der Waals surface area contributed by atoms with Gasteiger partial charge in [-0.3, -0.25) is 4.79 Å². The number of aliphatic hydroxyl groups excluding tert-OH is 3. The molecule has 3 unspecified atom stereocenters. The Balaban J connectivity index is 3.67. The monoisotopic (exact) mass is 624 g/mol. The summed E-state index contributed by atoms with van der Waals surface area (Å²) in [5.74, 6) is -0.291. The van der Waals surface area contributed by atoms with Crippen LogP contribution < -0.4 is 5.32 Å². The highest BCUT2D eigenvalue weighted by Gasteiger charge is 2.21. The van der Waals surface area contributed by atoms with E-state index in [1.807, 2.05) is 0 Å². The van der Waals surface area contributed by atoms with Gasteiger partial charge in [0.05, 0.1) is 31.3 Å². The summed E-state index contributed by atoms with van der Waals surface area (Å²) in [6, 6.07) is -0.658. The average Bonchev–Trinajstić information content (AvgIpc) is 3.01. The summed E-state index contributed by atoms with van der Waals surface area (Å²) in [6.07, 6.45) is 38.8. The number of hydrogen-bond acceptors (Lipinski definition) is 4. The normalized spacial score (nSPS) is 13.8. The van der Waals surface area contributed by atoms with Crippen LogP contribution in [0.25, 0.3) is 0 Å². The molecule has 0 heterocycles. The van der Waals surface area contributed by atoms with Gasteiger partial charge in [0.15, 0.2) is 0 Å². The van der Waals surface area contributed by atoms with Crippen LogP contribution >= 0.6 is 0 Å². The van der Waals surface area contributed by atoms with Crippen molar-refractivity contribution in [2.24, 2.45) is 0 Å². The number of carbonyl (C=O) groups is 1. The van der Waals surface area contributed by atoms with Crippen LogP contribution in [0.15, 0.2) is 12.2 Å². The second-order valence-electron chi connectivity index (χ2n) is 13.5. The van der Waals surface area contributed by atoms with Gasteiger partial charge in [-0.25, -0.2) is 0 Å². The van der Waals surface area contributed by atoms with Crippen LogP contribution in [0.3, 0.4) is 0 Å². The van der Waals surface area contributed by atoms with Gasteiger partial charge in [-0.2, -0.15) is 0 Å². The van der Waals surface area contributed by atoms with E-state index in [1.165, 1.54) is 135 Å². The topological polar surface area (TPSA) is 89.8 Å². The minimum absolute atomic E-state index is 0.0284. The maximum Gasteiger partial charge on any atom is 0.222 e. The number of allylic oxidation sites excluding steroid dienone is 2. The fraction of sp³-hybridized carbons (Fsp3) is 0.923. The van der Waals surface area contributed by atoms with E-state index in [-0.39, 0.29) is 18.9 Å². The molecule has 0 saturated carbocycles. The Bertz CT molecular complexity index is 611. The molecular weight excluding hydrogens is 546 g/mol. The summed E-state index contributed by atoms with van der Waals surface area (Å²) in [5.41, 5.74) is 0. The minimum atomic E-state index is -0.748. The van der Waals surface area contributed by atoms with Gasteiger partial charge >= 0.3 is 0 Å². The van der Waals surface area contributed by atoms with Gasteiger partial charge in [0.1, 0.15) is 0 Å². The second-order valence-corrected chi connectivity index (χ2v) is 13.5. The fourth-order valence-corrected chi connectivity index (χ4v) is 6.05. The van der Waals surface area contributed by atoms with Crippen LogP contribution in [0, 0.1) is 0 Å². The van der Waals surface area contributed by atoms with Gasteiger partial charge in [-0.15, -0.1) is 0 Å². The quantitative estimate of drug-likeness (QED) is 0.0418. The van der Waals surface area contributed by atoms with Crippen LogP contribution in [0.1, 0.15) is 206 Å². The van der Waals surface area contributed by atoms with Crippen molar-refractivity contribution in [3.63, 3.8) is 0 Å². The first-order valence-corrected chi connectivity index (χ1v) is 19.5. The molecule has 0 bridgehead atoms. The van der Waals surface area contributed by atoms with Crippen molar-refractivity contribution in [3.8, 4) is 0 Å². The van der Waals surface area contributed by atoms with E-state index >= 15 is 0 Å². The molecule has 262 valence electrons. The fourth-order valence-electron chi connectivity index (χ4n) is 6.05. The van der Waals surface area contributed by atoms with Crippen molar-refractivity contribution in [1.29, 1.82) is 0 Å². The Hall–Kier alpha value is -0.910. The first-order valence-electron chi connectivity index (χ1n) is 19.5. The molecule has 0 aromatic heterocycles. The number of amides is 1. The first-order chi connectivity index (χ1) is 21.5. The molecule has 0 fully saturated rings. The molecular formula is C39H77NO4. The van der Waals surface area contributed by atoms with Crippen molar-refractivity contribution < 1.29 is 20.1 Å².